The van der Waals surface area contributed by atoms with Crippen LogP contribution in [0, 0.1) is 23.4 Å². The van der Waals surface area contributed by atoms with Crippen LogP contribution in [0.1, 0.15) is 43.0 Å². The van der Waals surface area contributed by atoms with Crippen molar-refractivity contribution < 1.29 is 23.1 Å². The molecule has 2 aromatic heterocycles. The van der Waals surface area contributed by atoms with Crippen LogP contribution in [0.5, 0.6) is 5.75 Å². The van der Waals surface area contributed by atoms with Crippen LogP contribution in [0.15, 0.2) is 48.9 Å². The van der Waals surface area contributed by atoms with E-state index < -0.39 is 34.7 Å². The van der Waals surface area contributed by atoms with Crippen LogP contribution in [0.2, 0.25) is 0 Å². The number of benzene rings is 2. The second-order valence-corrected chi connectivity index (χ2v) is 9.45. The molecule has 0 radical (unpaired) electrons. The summed E-state index contributed by atoms with van der Waals surface area (Å²) in [6.45, 7) is 2.40. The van der Waals surface area contributed by atoms with Crippen molar-refractivity contribution in [3.63, 3.8) is 0 Å². The van der Waals surface area contributed by atoms with Crippen LogP contribution in [-0.4, -0.2) is 37.3 Å². The molecule has 36 heavy (non-hydrogen) atoms. The van der Waals surface area contributed by atoms with Crippen molar-refractivity contribution in [1.82, 2.24) is 25.1 Å². The molecule has 0 saturated heterocycles. The molecule has 10 heteroatoms. The number of hydrogen-bond donors (Lipinski definition) is 2. The van der Waals surface area contributed by atoms with Gasteiger partial charge in [0.25, 0.3) is 5.91 Å². The van der Waals surface area contributed by atoms with E-state index in [4.69, 9.17) is 10.2 Å². The number of phenolic OH excluding ortho intramolecular Hbond substituents is 1. The van der Waals surface area contributed by atoms with Crippen molar-refractivity contribution in [2.24, 2.45) is 5.92 Å². The standard InChI is InChI=1S/C26H24F3N5O2/c1-26(34-14-17-4-3-16(11-20(17)33-34)24-30-9-2-10-31-24)7-5-15(6-8-26)13-32-25(36)18-12-19(27)23(35)22(29)21(18)28/h2-4,9-12,14-15,35H,5-8,13H2,1H3,(H,32,36). The molecule has 1 fully saturated rings. The van der Waals surface area contributed by atoms with Gasteiger partial charge in [0, 0.05) is 36.1 Å². The number of nitrogens with one attached hydrogen (secondary N) is 1. The first kappa shape index (κ1) is 23.8. The van der Waals surface area contributed by atoms with Crippen LogP contribution in [-0.2, 0) is 5.54 Å². The second kappa shape index (κ2) is 9.25. The van der Waals surface area contributed by atoms with Gasteiger partial charge in [0.15, 0.2) is 23.2 Å². The minimum atomic E-state index is -1.77. The average Bonchev–Trinajstić information content (AvgIpc) is 3.34. The summed E-state index contributed by atoms with van der Waals surface area (Å²) in [5.74, 6) is -6.33. The second-order valence-electron chi connectivity index (χ2n) is 9.45. The molecule has 2 aromatic carbocycles. The highest BCUT2D eigenvalue weighted by molar-refractivity contribution is 5.94. The fraction of sp³-hybridized carbons (Fsp3) is 0.308. The molecule has 1 aliphatic carbocycles. The SMILES string of the molecule is CC1(n2cc3ccc(-c4ncccn4)cc3n2)CCC(CNC(=O)c2cc(F)c(O)c(F)c2F)CC1. The lowest BCUT2D eigenvalue weighted by Crippen LogP contribution is -2.38. The van der Waals surface area contributed by atoms with Gasteiger partial charge in [0.05, 0.1) is 16.6 Å². The molecular formula is C26H24F3N5O2. The van der Waals surface area contributed by atoms with E-state index in [-0.39, 0.29) is 18.0 Å². The Morgan fingerprint density at radius 3 is 2.58 bits per heavy atom. The van der Waals surface area contributed by atoms with E-state index in [2.05, 4.69) is 22.2 Å². The van der Waals surface area contributed by atoms with Crippen LogP contribution >= 0.6 is 0 Å². The number of aromatic nitrogens is 4. The molecule has 186 valence electrons. The molecular weight excluding hydrogens is 471 g/mol. The van der Waals surface area contributed by atoms with Gasteiger partial charge in [-0.1, -0.05) is 12.1 Å². The number of halogens is 3. The molecule has 7 nitrogen and oxygen atoms in total. The summed E-state index contributed by atoms with van der Waals surface area (Å²) in [5, 5.41) is 17.6. The maximum Gasteiger partial charge on any atom is 0.254 e. The van der Waals surface area contributed by atoms with Gasteiger partial charge in [-0.25, -0.2) is 18.7 Å². The Balaban J connectivity index is 1.23. The van der Waals surface area contributed by atoms with E-state index in [1.54, 1.807) is 18.5 Å². The van der Waals surface area contributed by atoms with Crippen molar-refractivity contribution in [2.45, 2.75) is 38.1 Å². The third kappa shape index (κ3) is 4.38. The van der Waals surface area contributed by atoms with Crippen LogP contribution < -0.4 is 5.32 Å². The monoisotopic (exact) mass is 495 g/mol. The highest BCUT2D eigenvalue weighted by Crippen LogP contribution is 2.38. The zero-order valence-corrected chi connectivity index (χ0v) is 19.5. The van der Waals surface area contributed by atoms with Crippen molar-refractivity contribution in [3.05, 3.63) is 71.9 Å². The molecule has 0 aliphatic heterocycles. The van der Waals surface area contributed by atoms with E-state index in [1.807, 2.05) is 29.1 Å². The number of aromatic hydroxyl groups is 1. The smallest absolute Gasteiger partial charge is 0.254 e. The van der Waals surface area contributed by atoms with E-state index >= 15 is 0 Å². The summed E-state index contributed by atoms with van der Waals surface area (Å²) >= 11 is 0. The first-order valence-corrected chi connectivity index (χ1v) is 11.7. The quantitative estimate of drug-likeness (QED) is 0.382. The Labute approximate surface area is 205 Å². The fourth-order valence-electron chi connectivity index (χ4n) is 4.70. The number of rotatable bonds is 5. The summed E-state index contributed by atoms with van der Waals surface area (Å²) in [6, 6.07) is 8.21. The largest absolute Gasteiger partial charge is 0.503 e. The summed E-state index contributed by atoms with van der Waals surface area (Å²) in [6.07, 6.45) is 8.63. The molecule has 1 amide bonds. The predicted octanol–water partition coefficient (Wildman–Crippen LogP) is 4.95. The minimum absolute atomic E-state index is 0.128. The van der Waals surface area contributed by atoms with Gasteiger partial charge < -0.3 is 10.4 Å². The molecule has 5 rings (SSSR count). The molecule has 0 atom stereocenters. The highest BCUT2D eigenvalue weighted by atomic mass is 19.2. The first-order valence-electron chi connectivity index (χ1n) is 11.7. The first-order chi connectivity index (χ1) is 17.2. The van der Waals surface area contributed by atoms with Crippen LogP contribution in [0.4, 0.5) is 13.2 Å². The molecule has 2 heterocycles. The number of carbonyl (C=O) groups excluding carboxylic acids is 1. The van der Waals surface area contributed by atoms with E-state index in [0.717, 1.165) is 42.1 Å². The van der Waals surface area contributed by atoms with Crippen molar-refractivity contribution in [1.29, 1.82) is 0 Å². The molecule has 0 spiro atoms. The maximum absolute atomic E-state index is 14.0. The van der Waals surface area contributed by atoms with Gasteiger partial charge in [-0.2, -0.15) is 9.49 Å². The molecule has 4 aromatic rings. The lowest BCUT2D eigenvalue weighted by atomic mass is 9.77. The fourth-order valence-corrected chi connectivity index (χ4v) is 4.70. The highest BCUT2D eigenvalue weighted by Gasteiger charge is 2.34. The molecule has 0 unspecified atom stereocenters. The third-order valence-corrected chi connectivity index (χ3v) is 7.00. The number of fused-ring (bicyclic) bond motifs is 1. The number of phenols is 1. The molecule has 1 saturated carbocycles. The summed E-state index contributed by atoms with van der Waals surface area (Å²) in [4.78, 5) is 20.9. The third-order valence-electron chi connectivity index (χ3n) is 7.00. The van der Waals surface area contributed by atoms with Gasteiger partial charge >= 0.3 is 0 Å². The zero-order valence-electron chi connectivity index (χ0n) is 19.5. The Morgan fingerprint density at radius 1 is 1.14 bits per heavy atom. The number of amides is 1. The molecule has 2 N–H and O–H groups in total. The normalized spacial score (nSPS) is 19.9. The van der Waals surface area contributed by atoms with Crippen molar-refractivity contribution in [3.8, 4) is 17.1 Å². The summed E-state index contributed by atoms with van der Waals surface area (Å²) < 4.78 is 43.1. The predicted molar refractivity (Wildman–Crippen MR) is 127 cm³/mol. The lowest BCUT2D eigenvalue weighted by Gasteiger charge is -2.37. The Hall–Kier alpha value is -3.95. The molecule has 1 aliphatic rings. The van der Waals surface area contributed by atoms with Gasteiger partial charge in [0.2, 0.25) is 5.82 Å². The van der Waals surface area contributed by atoms with Gasteiger partial charge in [0.1, 0.15) is 0 Å². The Kier molecular flexibility index (Phi) is 6.11. The zero-order chi connectivity index (χ0) is 25.4. The average molecular weight is 496 g/mol. The van der Waals surface area contributed by atoms with Crippen molar-refractivity contribution >= 4 is 16.8 Å². The van der Waals surface area contributed by atoms with E-state index in [9.17, 15) is 18.0 Å². The van der Waals surface area contributed by atoms with E-state index in [1.165, 1.54) is 0 Å². The topological polar surface area (TPSA) is 92.9 Å². The number of hydrogen-bond acceptors (Lipinski definition) is 5. The lowest BCUT2D eigenvalue weighted by molar-refractivity contribution is 0.0926. The Morgan fingerprint density at radius 2 is 1.86 bits per heavy atom. The van der Waals surface area contributed by atoms with Crippen molar-refractivity contribution in [2.75, 3.05) is 6.54 Å². The van der Waals surface area contributed by atoms with Crippen LogP contribution in [0.25, 0.3) is 22.3 Å². The molecule has 0 bridgehead atoms. The van der Waals surface area contributed by atoms with Crippen LogP contribution in [0.3, 0.4) is 0 Å². The summed E-state index contributed by atoms with van der Waals surface area (Å²) in [5.41, 5.74) is 0.763. The Bertz CT molecular complexity index is 1430. The number of carbonyl (C=O) groups is 1. The number of nitrogens with zero attached hydrogens (tertiary/aromatic N) is 4. The summed E-state index contributed by atoms with van der Waals surface area (Å²) in [7, 11) is 0. The minimum Gasteiger partial charge on any atom is -0.503 e. The van der Waals surface area contributed by atoms with Gasteiger partial charge in [-0.3, -0.25) is 9.48 Å². The van der Waals surface area contributed by atoms with Gasteiger partial charge in [-0.05, 0) is 56.7 Å². The maximum atomic E-state index is 14.0. The van der Waals surface area contributed by atoms with Gasteiger partial charge in [-0.15, -0.1) is 0 Å². The van der Waals surface area contributed by atoms with E-state index in [0.29, 0.717) is 11.9 Å².